The van der Waals surface area contributed by atoms with Gasteiger partial charge in [0.1, 0.15) is 0 Å². The molecule has 0 atom stereocenters. The standard InChI is InChI=1S/C14H13BrN4O2/c15-11-6-10(7-17-8-11)14(21)18-5-3-13(20)19-12-2-1-4-16-9-12/h1-2,4,6-9H,3,5H2,(H,18,21)(H,19,20). The van der Waals surface area contributed by atoms with Crippen molar-refractivity contribution in [3.63, 3.8) is 0 Å². The van der Waals surface area contributed by atoms with Crippen LogP contribution in [0.5, 0.6) is 0 Å². The number of amides is 2. The fourth-order valence-electron chi connectivity index (χ4n) is 1.59. The molecule has 108 valence electrons. The molecule has 0 aromatic carbocycles. The highest BCUT2D eigenvalue weighted by Gasteiger charge is 2.07. The number of carbonyl (C=O) groups excluding carboxylic acids is 2. The van der Waals surface area contributed by atoms with Crippen molar-refractivity contribution in [2.75, 3.05) is 11.9 Å². The van der Waals surface area contributed by atoms with E-state index in [4.69, 9.17) is 0 Å². The average Bonchev–Trinajstić information content (AvgIpc) is 2.48. The first-order chi connectivity index (χ1) is 10.1. The molecule has 2 aromatic heterocycles. The van der Waals surface area contributed by atoms with Crippen molar-refractivity contribution >= 4 is 33.4 Å². The topological polar surface area (TPSA) is 84.0 Å². The number of aromatic nitrogens is 2. The molecule has 0 spiro atoms. The van der Waals surface area contributed by atoms with Gasteiger partial charge in [-0.3, -0.25) is 19.6 Å². The molecule has 0 radical (unpaired) electrons. The molecule has 7 heteroatoms. The third-order valence-electron chi connectivity index (χ3n) is 2.55. The lowest BCUT2D eigenvalue weighted by Gasteiger charge is -2.06. The first-order valence-electron chi connectivity index (χ1n) is 6.24. The molecule has 2 N–H and O–H groups in total. The number of nitrogens with one attached hydrogen (secondary N) is 2. The van der Waals surface area contributed by atoms with E-state index in [0.29, 0.717) is 11.3 Å². The Morgan fingerprint density at radius 3 is 2.76 bits per heavy atom. The summed E-state index contributed by atoms with van der Waals surface area (Å²) in [5.74, 6) is -0.450. The Hall–Kier alpha value is -2.28. The number of halogens is 1. The third kappa shape index (κ3) is 4.96. The van der Waals surface area contributed by atoms with Crippen molar-refractivity contribution in [2.24, 2.45) is 0 Å². The Bertz CT molecular complexity index is 634. The Morgan fingerprint density at radius 1 is 1.19 bits per heavy atom. The molecular weight excluding hydrogens is 336 g/mol. The minimum absolute atomic E-state index is 0.183. The maximum atomic E-state index is 11.8. The van der Waals surface area contributed by atoms with Crippen LogP contribution in [-0.4, -0.2) is 28.3 Å². The number of anilines is 1. The summed E-state index contributed by atoms with van der Waals surface area (Å²) in [5.41, 5.74) is 1.07. The fourth-order valence-corrected chi connectivity index (χ4v) is 1.95. The molecule has 21 heavy (non-hydrogen) atoms. The number of hydrogen-bond acceptors (Lipinski definition) is 4. The van der Waals surface area contributed by atoms with Crippen molar-refractivity contribution in [3.05, 3.63) is 53.0 Å². The van der Waals surface area contributed by atoms with Gasteiger partial charge >= 0.3 is 0 Å². The molecule has 0 aliphatic carbocycles. The van der Waals surface area contributed by atoms with Gasteiger partial charge in [0.2, 0.25) is 5.91 Å². The highest BCUT2D eigenvalue weighted by atomic mass is 79.9. The molecule has 0 fully saturated rings. The quantitative estimate of drug-likeness (QED) is 0.865. The second kappa shape index (κ2) is 7.49. The Morgan fingerprint density at radius 2 is 2.05 bits per heavy atom. The number of carbonyl (C=O) groups is 2. The summed E-state index contributed by atoms with van der Waals surface area (Å²) in [6.45, 7) is 0.247. The molecular formula is C14H13BrN4O2. The molecule has 2 amide bonds. The number of pyridine rings is 2. The highest BCUT2D eigenvalue weighted by Crippen LogP contribution is 2.09. The van der Waals surface area contributed by atoms with Gasteiger partial charge in [0.25, 0.3) is 5.91 Å². The van der Waals surface area contributed by atoms with E-state index in [-0.39, 0.29) is 24.8 Å². The third-order valence-corrected chi connectivity index (χ3v) is 2.98. The molecule has 2 rings (SSSR count). The minimum atomic E-state index is -0.266. The van der Waals surface area contributed by atoms with E-state index in [1.807, 2.05) is 0 Å². The van der Waals surface area contributed by atoms with Crippen molar-refractivity contribution in [1.29, 1.82) is 0 Å². The summed E-state index contributed by atoms with van der Waals surface area (Å²) in [6, 6.07) is 5.15. The van der Waals surface area contributed by atoms with Crippen LogP contribution in [0, 0.1) is 0 Å². The summed E-state index contributed by atoms with van der Waals surface area (Å²) >= 11 is 3.25. The van der Waals surface area contributed by atoms with Gasteiger partial charge in [-0.25, -0.2) is 0 Å². The molecule has 0 aliphatic rings. The van der Waals surface area contributed by atoms with E-state index < -0.39 is 0 Å². The molecule has 6 nitrogen and oxygen atoms in total. The first-order valence-corrected chi connectivity index (χ1v) is 7.03. The Kier molecular flexibility index (Phi) is 5.39. The van der Waals surface area contributed by atoms with Crippen molar-refractivity contribution in [3.8, 4) is 0 Å². The average molecular weight is 349 g/mol. The summed E-state index contributed by atoms with van der Waals surface area (Å²) in [5, 5.41) is 5.36. The first kappa shape index (κ1) is 15.1. The number of hydrogen-bond donors (Lipinski definition) is 2. The highest BCUT2D eigenvalue weighted by molar-refractivity contribution is 9.10. The molecule has 0 saturated carbocycles. The van der Waals surface area contributed by atoms with E-state index in [9.17, 15) is 9.59 Å². The van der Waals surface area contributed by atoms with Crippen LogP contribution < -0.4 is 10.6 Å². The van der Waals surface area contributed by atoms with Crippen LogP contribution in [0.15, 0.2) is 47.5 Å². The van der Waals surface area contributed by atoms with Crippen molar-refractivity contribution in [2.45, 2.75) is 6.42 Å². The summed E-state index contributed by atoms with van der Waals surface area (Å²) in [6.07, 6.45) is 6.43. The van der Waals surface area contributed by atoms with Crippen LogP contribution in [0.4, 0.5) is 5.69 Å². The van der Waals surface area contributed by atoms with Crippen LogP contribution in [0.1, 0.15) is 16.8 Å². The summed E-state index contributed by atoms with van der Waals surface area (Å²) in [7, 11) is 0. The van der Waals surface area contributed by atoms with Gasteiger partial charge in [0.05, 0.1) is 17.4 Å². The van der Waals surface area contributed by atoms with E-state index in [1.54, 1.807) is 36.8 Å². The minimum Gasteiger partial charge on any atom is -0.351 e. The zero-order valence-electron chi connectivity index (χ0n) is 11.0. The predicted molar refractivity (Wildman–Crippen MR) is 81.8 cm³/mol. The Balaban J connectivity index is 1.76. The smallest absolute Gasteiger partial charge is 0.252 e. The van der Waals surface area contributed by atoms with Crippen LogP contribution in [-0.2, 0) is 4.79 Å². The molecule has 0 bridgehead atoms. The van der Waals surface area contributed by atoms with Crippen LogP contribution in [0.2, 0.25) is 0 Å². The van der Waals surface area contributed by atoms with E-state index in [2.05, 4.69) is 36.5 Å². The molecule has 0 unspecified atom stereocenters. The lowest BCUT2D eigenvalue weighted by Crippen LogP contribution is -2.27. The number of rotatable bonds is 5. The normalized spacial score (nSPS) is 9.95. The van der Waals surface area contributed by atoms with Crippen molar-refractivity contribution < 1.29 is 9.59 Å². The van der Waals surface area contributed by atoms with E-state index in [0.717, 1.165) is 4.47 Å². The fraction of sp³-hybridized carbons (Fsp3) is 0.143. The molecule has 0 saturated heterocycles. The van der Waals surface area contributed by atoms with E-state index >= 15 is 0 Å². The molecule has 2 aromatic rings. The lowest BCUT2D eigenvalue weighted by molar-refractivity contribution is -0.116. The van der Waals surface area contributed by atoms with Gasteiger partial charge in [-0.05, 0) is 34.1 Å². The zero-order chi connectivity index (χ0) is 15.1. The van der Waals surface area contributed by atoms with Crippen molar-refractivity contribution in [1.82, 2.24) is 15.3 Å². The second-order valence-electron chi connectivity index (χ2n) is 4.19. The summed E-state index contributed by atoms with van der Waals surface area (Å²) < 4.78 is 0.726. The van der Waals surface area contributed by atoms with Crippen LogP contribution in [0.25, 0.3) is 0 Å². The van der Waals surface area contributed by atoms with Crippen LogP contribution >= 0.6 is 15.9 Å². The second-order valence-corrected chi connectivity index (χ2v) is 5.10. The summed E-state index contributed by atoms with van der Waals surface area (Å²) in [4.78, 5) is 31.3. The predicted octanol–water partition coefficient (Wildman–Crippen LogP) is 2.00. The largest absolute Gasteiger partial charge is 0.351 e. The molecule has 0 aliphatic heterocycles. The monoisotopic (exact) mass is 348 g/mol. The lowest BCUT2D eigenvalue weighted by atomic mass is 10.2. The SMILES string of the molecule is O=C(CCNC(=O)c1cncc(Br)c1)Nc1cccnc1. The zero-order valence-corrected chi connectivity index (χ0v) is 12.6. The van der Waals surface area contributed by atoms with Gasteiger partial charge in [-0.2, -0.15) is 0 Å². The van der Waals surface area contributed by atoms with Gasteiger partial charge < -0.3 is 10.6 Å². The van der Waals surface area contributed by atoms with Gasteiger partial charge in [0.15, 0.2) is 0 Å². The van der Waals surface area contributed by atoms with Gasteiger partial charge in [-0.1, -0.05) is 0 Å². The van der Waals surface area contributed by atoms with Crippen LogP contribution in [0.3, 0.4) is 0 Å². The van der Waals surface area contributed by atoms with Gasteiger partial charge in [-0.15, -0.1) is 0 Å². The van der Waals surface area contributed by atoms with Gasteiger partial charge in [0, 0.05) is 36.0 Å². The number of nitrogens with zero attached hydrogens (tertiary/aromatic N) is 2. The maximum Gasteiger partial charge on any atom is 0.252 e. The molecule has 2 heterocycles. The van der Waals surface area contributed by atoms with E-state index in [1.165, 1.54) is 6.20 Å². The Labute approximate surface area is 130 Å². The maximum absolute atomic E-state index is 11.8.